The van der Waals surface area contributed by atoms with Crippen LogP contribution in [0, 0.1) is 0 Å². The second kappa shape index (κ2) is 9.00. The summed E-state index contributed by atoms with van der Waals surface area (Å²) in [6.45, 7) is 1.54. The third-order valence-corrected chi connectivity index (χ3v) is 6.77. The predicted molar refractivity (Wildman–Crippen MR) is 125 cm³/mol. The summed E-state index contributed by atoms with van der Waals surface area (Å²) in [6.07, 6.45) is 4.72. The summed E-state index contributed by atoms with van der Waals surface area (Å²) in [5, 5.41) is 4.70. The molecule has 8 heteroatoms. The van der Waals surface area contributed by atoms with E-state index in [9.17, 15) is 9.59 Å². The molecule has 1 aliphatic heterocycles. The van der Waals surface area contributed by atoms with E-state index in [4.69, 9.17) is 4.98 Å². The quantitative estimate of drug-likeness (QED) is 0.371. The summed E-state index contributed by atoms with van der Waals surface area (Å²) in [5.41, 5.74) is 1.92. The Morgan fingerprint density at radius 2 is 1.66 bits per heavy atom. The Balaban J connectivity index is 1.54. The van der Waals surface area contributed by atoms with Crippen molar-refractivity contribution >= 4 is 28.7 Å². The van der Waals surface area contributed by atoms with Gasteiger partial charge in [-0.1, -0.05) is 60.3 Å². The molecule has 1 unspecified atom stereocenters. The number of carbonyl (C=O) groups excluding carboxylic acids is 1. The maximum absolute atomic E-state index is 13.5. The standard InChI is InChI=1S/C24H23N5O2S/c30-22-19-16-25-29(18-12-6-2-7-13-18)21(19)26-24(27-22)32-20(17-10-4-1-5-11-17)23(31)28-14-8-3-9-15-28/h1-2,4-7,10-13,16,20H,3,8-9,14-15H2,(H,26,27,30). The number of H-pyrrole nitrogens is 1. The fraction of sp³-hybridized carbons (Fsp3) is 0.250. The van der Waals surface area contributed by atoms with Gasteiger partial charge in [0.15, 0.2) is 10.8 Å². The first-order valence-corrected chi connectivity index (χ1v) is 11.6. The van der Waals surface area contributed by atoms with Gasteiger partial charge in [-0.2, -0.15) is 5.10 Å². The van der Waals surface area contributed by atoms with Gasteiger partial charge in [-0.05, 0) is 37.0 Å². The van der Waals surface area contributed by atoms with Crippen LogP contribution in [-0.4, -0.2) is 43.6 Å². The van der Waals surface area contributed by atoms with Crippen LogP contribution in [0.25, 0.3) is 16.7 Å². The number of piperidine rings is 1. The highest BCUT2D eigenvalue weighted by atomic mass is 32.2. The van der Waals surface area contributed by atoms with Crippen LogP contribution in [0.15, 0.2) is 76.8 Å². The zero-order valence-electron chi connectivity index (χ0n) is 17.5. The fourth-order valence-corrected chi connectivity index (χ4v) is 5.05. The lowest BCUT2D eigenvalue weighted by Crippen LogP contribution is -2.38. The Morgan fingerprint density at radius 1 is 0.969 bits per heavy atom. The van der Waals surface area contributed by atoms with Crippen molar-refractivity contribution in [1.29, 1.82) is 0 Å². The average Bonchev–Trinajstić information content (AvgIpc) is 3.28. The van der Waals surface area contributed by atoms with Gasteiger partial charge < -0.3 is 9.88 Å². The molecule has 0 aliphatic carbocycles. The molecular formula is C24H23N5O2S. The molecule has 0 bridgehead atoms. The fourth-order valence-electron chi connectivity index (χ4n) is 3.99. The number of likely N-dealkylation sites (tertiary alicyclic amines) is 1. The number of benzene rings is 2. The Kier molecular flexibility index (Phi) is 5.77. The third kappa shape index (κ3) is 4.05. The number of nitrogens with zero attached hydrogens (tertiary/aromatic N) is 4. The minimum atomic E-state index is -0.483. The molecule has 1 saturated heterocycles. The summed E-state index contributed by atoms with van der Waals surface area (Å²) < 4.78 is 1.65. The van der Waals surface area contributed by atoms with Crippen molar-refractivity contribution in [2.45, 2.75) is 29.7 Å². The second-order valence-corrected chi connectivity index (χ2v) is 8.89. The number of aromatic nitrogens is 4. The summed E-state index contributed by atoms with van der Waals surface area (Å²) in [5.74, 6) is 0.0558. The van der Waals surface area contributed by atoms with E-state index in [1.165, 1.54) is 18.0 Å². The van der Waals surface area contributed by atoms with Crippen LogP contribution in [0.3, 0.4) is 0 Å². The highest BCUT2D eigenvalue weighted by molar-refractivity contribution is 8.00. The molecule has 7 nitrogen and oxygen atoms in total. The number of hydrogen-bond donors (Lipinski definition) is 1. The van der Waals surface area contributed by atoms with Gasteiger partial charge in [0.05, 0.1) is 11.9 Å². The van der Waals surface area contributed by atoms with Crippen LogP contribution in [0.5, 0.6) is 0 Å². The number of thioether (sulfide) groups is 1. The Morgan fingerprint density at radius 3 is 2.38 bits per heavy atom. The molecule has 162 valence electrons. The van der Waals surface area contributed by atoms with Crippen molar-refractivity contribution in [3.05, 3.63) is 82.8 Å². The normalized spacial score (nSPS) is 15.1. The number of aromatic amines is 1. The number of para-hydroxylation sites is 1. The zero-order valence-corrected chi connectivity index (χ0v) is 18.3. The minimum Gasteiger partial charge on any atom is -0.341 e. The van der Waals surface area contributed by atoms with E-state index in [2.05, 4.69) is 10.1 Å². The molecule has 2 aromatic heterocycles. The third-order valence-electron chi connectivity index (χ3n) is 5.64. The van der Waals surface area contributed by atoms with Crippen LogP contribution in [0.2, 0.25) is 0 Å². The van der Waals surface area contributed by atoms with E-state index in [1.807, 2.05) is 65.6 Å². The van der Waals surface area contributed by atoms with Gasteiger partial charge in [-0.15, -0.1) is 0 Å². The second-order valence-electron chi connectivity index (χ2n) is 7.79. The highest BCUT2D eigenvalue weighted by Gasteiger charge is 2.29. The lowest BCUT2D eigenvalue weighted by atomic mass is 10.1. The van der Waals surface area contributed by atoms with E-state index in [0.29, 0.717) is 16.2 Å². The Bertz CT molecular complexity index is 1280. The first-order chi connectivity index (χ1) is 15.7. The van der Waals surface area contributed by atoms with Gasteiger partial charge in [0.1, 0.15) is 10.6 Å². The molecule has 1 atom stereocenters. The zero-order chi connectivity index (χ0) is 21.9. The first-order valence-electron chi connectivity index (χ1n) is 10.7. The first kappa shape index (κ1) is 20.5. The molecule has 5 rings (SSSR count). The summed E-state index contributed by atoms with van der Waals surface area (Å²) in [6, 6.07) is 19.3. The SMILES string of the molecule is O=C(C(Sc1nc2c(cnn2-c2ccccc2)c(=O)[nH]1)c1ccccc1)N1CCCCC1. The van der Waals surface area contributed by atoms with E-state index in [1.54, 1.807) is 4.68 Å². The summed E-state index contributed by atoms with van der Waals surface area (Å²) in [4.78, 5) is 35.7. The molecule has 32 heavy (non-hydrogen) atoms. The van der Waals surface area contributed by atoms with Crippen molar-refractivity contribution in [3.63, 3.8) is 0 Å². The van der Waals surface area contributed by atoms with Gasteiger partial charge >= 0.3 is 0 Å². The van der Waals surface area contributed by atoms with Gasteiger partial charge in [0, 0.05) is 13.1 Å². The van der Waals surface area contributed by atoms with E-state index < -0.39 is 5.25 Å². The maximum Gasteiger partial charge on any atom is 0.262 e. The number of fused-ring (bicyclic) bond motifs is 1. The molecule has 1 N–H and O–H groups in total. The lowest BCUT2D eigenvalue weighted by Gasteiger charge is -2.30. The minimum absolute atomic E-state index is 0.0558. The van der Waals surface area contributed by atoms with Gasteiger partial charge in [0.2, 0.25) is 5.91 Å². The number of amides is 1. The molecule has 1 aliphatic rings. The largest absolute Gasteiger partial charge is 0.341 e. The molecule has 0 saturated carbocycles. The van der Waals surface area contributed by atoms with Crippen LogP contribution < -0.4 is 5.56 Å². The van der Waals surface area contributed by atoms with Gasteiger partial charge in [-0.3, -0.25) is 9.59 Å². The molecule has 0 radical (unpaired) electrons. The smallest absolute Gasteiger partial charge is 0.262 e. The number of rotatable bonds is 5. The summed E-state index contributed by atoms with van der Waals surface area (Å²) in [7, 11) is 0. The van der Waals surface area contributed by atoms with E-state index in [-0.39, 0.29) is 11.5 Å². The number of carbonyl (C=O) groups is 1. The molecule has 1 fully saturated rings. The van der Waals surface area contributed by atoms with Crippen LogP contribution in [0.4, 0.5) is 0 Å². The number of hydrogen-bond acceptors (Lipinski definition) is 5. The van der Waals surface area contributed by atoms with Crippen molar-refractivity contribution < 1.29 is 4.79 Å². The molecular weight excluding hydrogens is 422 g/mol. The highest BCUT2D eigenvalue weighted by Crippen LogP contribution is 2.35. The van der Waals surface area contributed by atoms with Crippen LogP contribution >= 0.6 is 11.8 Å². The molecule has 1 amide bonds. The topological polar surface area (TPSA) is 83.9 Å². The predicted octanol–water partition coefficient (Wildman–Crippen LogP) is 3.95. The van der Waals surface area contributed by atoms with Crippen molar-refractivity contribution in [3.8, 4) is 5.69 Å². The van der Waals surface area contributed by atoms with Crippen molar-refractivity contribution in [2.75, 3.05) is 13.1 Å². The van der Waals surface area contributed by atoms with E-state index >= 15 is 0 Å². The summed E-state index contributed by atoms with van der Waals surface area (Å²) >= 11 is 1.28. The molecule has 2 aromatic carbocycles. The Hall–Kier alpha value is -3.39. The molecule has 3 heterocycles. The number of nitrogens with one attached hydrogen (secondary N) is 1. The van der Waals surface area contributed by atoms with Crippen LogP contribution in [0.1, 0.15) is 30.1 Å². The van der Waals surface area contributed by atoms with Gasteiger partial charge in [0.25, 0.3) is 5.56 Å². The lowest BCUT2D eigenvalue weighted by molar-refractivity contribution is -0.131. The average molecular weight is 446 g/mol. The maximum atomic E-state index is 13.5. The van der Waals surface area contributed by atoms with Crippen molar-refractivity contribution in [2.24, 2.45) is 0 Å². The molecule has 0 spiro atoms. The Labute approximate surface area is 189 Å². The van der Waals surface area contributed by atoms with Crippen LogP contribution in [-0.2, 0) is 4.79 Å². The monoisotopic (exact) mass is 445 g/mol. The van der Waals surface area contributed by atoms with Crippen molar-refractivity contribution in [1.82, 2.24) is 24.6 Å². The molecule has 4 aromatic rings. The van der Waals surface area contributed by atoms with Gasteiger partial charge in [-0.25, -0.2) is 9.67 Å². The van der Waals surface area contributed by atoms with E-state index in [0.717, 1.165) is 43.6 Å².